The molecule has 1 amide bonds. The Bertz CT molecular complexity index is 855. The van der Waals surface area contributed by atoms with Crippen molar-refractivity contribution in [1.29, 1.82) is 0 Å². The van der Waals surface area contributed by atoms with Crippen LogP contribution in [-0.4, -0.2) is 30.9 Å². The summed E-state index contributed by atoms with van der Waals surface area (Å²) in [5, 5.41) is 2.85. The van der Waals surface area contributed by atoms with E-state index in [4.69, 9.17) is 9.47 Å². The van der Waals surface area contributed by atoms with Crippen LogP contribution >= 0.6 is 0 Å². The zero-order valence-electron chi connectivity index (χ0n) is 17.1. The summed E-state index contributed by atoms with van der Waals surface area (Å²) in [6.07, 6.45) is 0.108. The number of esters is 1. The molecule has 0 aliphatic rings. The van der Waals surface area contributed by atoms with Gasteiger partial charge in [-0.05, 0) is 49.6 Å². The van der Waals surface area contributed by atoms with Gasteiger partial charge in [0.1, 0.15) is 5.75 Å². The lowest BCUT2D eigenvalue weighted by Gasteiger charge is -2.12. The van der Waals surface area contributed by atoms with Gasteiger partial charge in [-0.15, -0.1) is 0 Å². The molecule has 1 N–H and O–H groups in total. The lowest BCUT2D eigenvalue weighted by atomic mass is 10.0. The Labute approximate surface area is 171 Å². The van der Waals surface area contributed by atoms with Gasteiger partial charge in [-0.2, -0.15) is 0 Å². The average molecular weight is 397 g/mol. The topological polar surface area (TPSA) is 81.7 Å². The van der Waals surface area contributed by atoms with E-state index in [0.717, 1.165) is 16.7 Å². The number of carbonyl (C=O) groups is 3. The fourth-order valence-electron chi connectivity index (χ4n) is 2.87. The van der Waals surface area contributed by atoms with Gasteiger partial charge in [-0.3, -0.25) is 14.4 Å². The fourth-order valence-corrected chi connectivity index (χ4v) is 2.87. The predicted molar refractivity (Wildman–Crippen MR) is 110 cm³/mol. The Morgan fingerprint density at radius 2 is 1.66 bits per heavy atom. The Morgan fingerprint density at radius 3 is 2.34 bits per heavy atom. The third-order valence-corrected chi connectivity index (χ3v) is 4.49. The van der Waals surface area contributed by atoms with Crippen molar-refractivity contribution in [1.82, 2.24) is 5.32 Å². The van der Waals surface area contributed by atoms with Crippen LogP contribution in [0.15, 0.2) is 42.5 Å². The van der Waals surface area contributed by atoms with Crippen LogP contribution in [0.3, 0.4) is 0 Å². The van der Waals surface area contributed by atoms with Crippen LogP contribution in [0, 0.1) is 13.8 Å². The van der Waals surface area contributed by atoms with Gasteiger partial charge in [0.25, 0.3) is 5.91 Å². The summed E-state index contributed by atoms with van der Waals surface area (Å²) in [7, 11) is 0. The lowest BCUT2D eigenvalue weighted by molar-refractivity contribution is -0.143. The maximum atomic E-state index is 12.2. The van der Waals surface area contributed by atoms with Gasteiger partial charge in [0.05, 0.1) is 13.0 Å². The highest BCUT2D eigenvalue weighted by Crippen LogP contribution is 2.16. The van der Waals surface area contributed by atoms with Crippen molar-refractivity contribution in [2.75, 3.05) is 13.2 Å². The summed E-state index contributed by atoms with van der Waals surface area (Å²) in [4.78, 5) is 35.7. The first-order valence-electron chi connectivity index (χ1n) is 9.64. The highest BCUT2D eigenvalue weighted by Gasteiger charge is 2.11. The van der Waals surface area contributed by atoms with E-state index in [-0.39, 0.29) is 31.1 Å². The van der Waals surface area contributed by atoms with Crippen molar-refractivity contribution in [3.8, 4) is 5.75 Å². The second-order valence-electron chi connectivity index (χ2n) is 6.69. The normalized spacial score (nSPS) is 10.3. The number of nitrogens with one attached hydrogen (secondary N) is 1. The molecule has 0 fully saturated rings. The maximum absolute atomic E-state index is 12.2. The highest BCUT2D eigenvalue weighted by molar-refractivity contribution is 5.97. The molecule has 0 radical (unpaired) electrons. The third-order valence-electron chi connectivity index (χ3n) is 4.49. The van der Waals surface area contributed by atoms with Gasteiger partial charge < -0.3 is 14.8 Å². The standard InChI is InChI=1S/C23H27NO5/c1-4-28-23(27)12-11-21(25)18-9-6-10-19(13-18)29-15-22(26)24-14-20-16(2)7-5-8-17(20)3/h5-10,13H,4,11-12,14-15H2,1-3H3,(H,24,26). The van der Waals surface area contributed by atoms with Crippen molar-refractivity contribution >= 4 is 17.7 Å². The van der Waals surface area contributed by atoms with Crippen molar-refractivity contribution in [3.05, 3.63) is 64.7 Å². The Hall–Kier alpha value is -3.15. The molecule has 0 unspecified atom stereocenters. The molecule has 0 spiro atoms. The zero-order valence-corrected chi connectivity index (χ0v) is 17.1. The SMILES string of the molecule is CCOC(=O)CCC(=O)c1cccc(OCC(=O)NCc2c(C)cccc2C)c1. The third kappa shape index (κ3) is 7.07. The van der Waals surface area contributed by atoms with E-state index in [2.05, 4.69) is 5.32 Å². The summed E-state index contributed by atoms with van der Waals surface area (Å²) in [6.45, 7) is 6.32. The van der Waals surface area contributed by atoms with Crippen LogP contribution in [0.1, 0.15) is 46.8 Å². The fraction of sp³-hybridized carbons (Fsp3) is 0.348. The van der Waals surface area contributed by atoms with Gasteiger partial charge in [0.2, 0.25) is 0 Å². The quantitative estimate of drug-likeness (QED) is 0.490. The minimum Gasteiger partial charge on any atom is -0.484 e. The van der Waals surface area contributed by atoms with Gasteiger partial charge in [-0.1, -0.05) is 30.3 Å². The first-order valence-corrected chi connectivity index (χ1v) is 9.64. The molecule has 0 bridgehead atoms. The summed E-state index contributed by atoms with van der Waals surface area (Å²) in [6, 6.07) is 12.6. The molecule has 2 aromatic rings. The largest absolute Gasteiger partial charge is 0.484 e. The molecule has 0 heterocycles. The lowest BCUT2D eigenvalue weighted by Crippen LogP contribution is -2.29. The smallest absolute Gasteiger partial charge is 0.306 e. The van der Waals surface area contributed by atoms with Crippen molar-refractivity contribution in [2.24, 2.45) is 0 Å². The Balaban J connectivity index is 1.84. The second-order valence-corrected chi connectivity index (χ2v) is 6.69. The zero-order chi connectivity index (χ0) is 21.2. The molecule has 2 rings (SSSR count). The molecule has 29 heavy (non-hydrogen) atoms. The van der Waals surface area contributed by atoms with Crippen molar-refractivity contribution < 1.29 is 23.9 Å². The van der Waals surface area contributed by atoms with E-state index in [1.54, 1.807) is 31.2 Å². The van der Waals surface area contributed by atoms with Gasteiger partial charge >= 0.3 is 5.97 Å². The molecule has 0 aromatic heterocycles. The van der Waals surface area contributed by atoms with Crippen LogP contribution < -0.4 is 10.1 Å². The summed E-state index contributed by atoms with van der Waals surface area (Å²) in [5.74, 6) is -0.391. The molecule has 2 aromatic carbocycles. The number of hydrogen-bond acceptors (Lipinski definition) is 5. The van der Waals surface area contributed by atoms with Crippen molar-refractivity contribution in [3.63, 3.8) is 0 Å². The highest BCUT2D eigenvalue weighted by atomic mass is 16.5. The van der Waals surface area contributed by atoms with Gasteiger partial charge in [0, 0.05) is 18.5 Å². The number of aryl methyl sites for hydroxylation is 2. The van der Waals surface area contributed by atoms with E-state index in [1.165, 1.54) is 0 Å². The minimum atomic E-state index is -0.395. The molecule has 6 heteroatoms. The van der Waals surface area contributed by atoms with Crippen molar-refractivity contribution in [2.45, 2.75) is 40.2 Å². The van der Waals surface area contributed by atoms with E-state index in [1.807, 2.05) is 32.0 Å². The van der Waals surface area contributed by atoms with Crippen LogP contribution in [0.2, 0.25) is 0 Å². The number of carbonyl (C=O) groups excluding carboxylic acids is 3. The number of benzene rings is 2. The monoisotopic (exact) mass is 397 g/mol. The van der Waals surface area contributed by atoms with Crippen LogP contribution in [0.5, 0.6) is 5.75 Å². The van der Waals surface area contributed by atoms with Crippen LogP contribution in [0.4, 0.5) is 0 Å². The molecular weight excluding hydrogens is 370 g/mol. The average Bonchev–Trinajstić information content (AvgIpc) is 2.70. The molecule has 0 atom stereocenters. The maximum Gasteiger partial charge on any atom is 0.306 e. The summed E-state index contributed by atoms with van der Waals surface area (Å²) in [5.41, 5.74) is 3.78. The minimum absolute atomic E-state index is 0.0402. The van der Waals surface area contributed by atoms with E-state index in [0.29, 0.717) is 24.5 Å². The van der Waals surface area contributed by atoms with Gasteiger partial charge in [0.15, 0.2) is 12.4 Å². The van der Waals surface area contributed by atoms with Crippen LogP contribution in [0.25, 0.3) is 0 Å². The number of ether oxygens (including phenoxy) is 2. The number of rotatable bonds is 10. The summed E-state index contributed by atoms with van der Waals surface area (Å²) < 4.78 is 10.3. The Morgan fingerprint density at radius 1 is 0.966 bits per heavy atom. The molecule has 0 aliphatic heterocycles. The molecule has 6 nitrogen and oxygen atoms in total. The van der Waals surface area contributed by atoms with E-state index in [9.17, 15) is 14.4 Å². The summed E-state index contributed by atoms with van der Waals surface area (Å²) >= 11 is 0. The first-order chi connectivity index (χ1) is 13.9. The molecule has 0 saturated heterocycles. The van der Waals surface area contributed by atoms with Gasteiger partial charge in [-0.25, -0.2) is 0 Å². The first kappa shape index (κ1) is 22.1. The molecule has 0 aliphatic carbocycles. The molecule has 154 valence electrons. The predicted octanol–water partition coefficient (Wildman–Crippen LogP) is 3.52. The van der Waals surface area contributed by atoms with Crippen LogP contribution in [-0.2, 0) is 20.9 Å². The number of Topliss-reactive ketones (excluding diaryl/α,β-unsaturated/α-hetero) is 1. The molecular formula is C23H27NO5. The van der Waals surface area contributed by atoms with E-state index >= 15 is 0 Å². The number of hydrogen-bond donors (Lipinski definition) is 1. The number of ketones is 1. The second kappa shape index (κ2) is 11.0. The van der Waals surface area contributed by atoms with E-state index < -0.39 is 5.97 Å². The number of amides is 1. The Kier molecular flexibility index (Phi) is 8.40. The molecule has 0 saturated carbocycles.